The molecule has 1 heterocycles. The first-order valence-electron chi connectivity index (χ1n) is 10.6. The van der Waals surface area contributed by atoms with E-state index in [1.165, 1.54) is 7.11 Å². The summed E-state index contributed by atoms with van der Waals surface area (Å²) in [5.74, 6) is 0.556. The van der Waals surface area contributed by atoms with Gasteiger partial charge in [0, 0.05) is 0 Å². The van der Waals surface area contributed by atoms with E-state index in [9.17, 15) is 4.79 Å². The molecule has 1 aliphatic rings. The molecule has 1 atom stereocenters. The van der Waals surface area contributed by atoms with Crippen molar-refractivity contribution < 1.29 is 19.0 Å². The van der Waals surface area contributed by atoms with Gasteiger partial charge in [-0.25, -0.2) is 4.79 Å². The van der Waals surface area contributed by atoms with E-state index in [2.05, 4.69) is 10.6 Å². The van der Waals surface area contributed by atoms with Crippen LogP contribution >= 0.6 is 35.4 Å². The van der Waals surface area contributed by atoms with Crippen molar-refractivity contribution in [1.82, 2.24) is 10.6 Å². The molecule has 2 N–H and O–H groups in total. The van der Waals surface area contributed by atoms with Crippen molar-refractivity contribution in [3.63, 3.8) is 0 Å². The zero-order valence-electron chi connectivity index (χ0n) is 18.9. The number of benzene rings is 3. The molecule has 3 aromatic rings. The molecule has 180 valence electrons. The minimum Gasteiger partial charge on any atom is -0.493 e. The lowest BCUT2D eigenvalue weighted by molar-refractivity contribution is -0.136. The number of carbonyl (C=O) groups excluding carboxylic acids is 1. The van der Waals surface area contributed by atoms with Gasteiger partial charge in [0.25, 0.3) is 0 Å². The first-order chi connectivity index (χ1) is 16.9. The zero-order chi connectivity index (χ0) is 24.9. The maximum Gasteiger partial charge on any atom is 0.338 e. The fourth-order valence-electron chi connectivity index (χ4n) is 3.75. The topological polar surface area (TPSA) is 68.8 Å². The fourth-order valence-corrected chi connectivity index (χ4v) is 4.29. The van der Waals surface area contributed by atoms with Crippen molar-refractivity contribution in [2.24, 2.45) is 0 Å². The highest BCUT2D eigenvalue weighted by molar-refractivity contribution is 7.80. The Morgan fingerprint density at radius 1 is 0.971 bits per heavy atom. The van der Waals surface area contributed by atoms with Gasteiger partial charge in [-0.15, -0.1) is 0 Å². The molecule has 6 nitrogen and oxygen atoms in total. The number of halogens is 2. The summed E-state index contributed by atoms with van der Waals surface area (Å²) >= 11 is 17.5. The van der Waals surface area contributed by atoms with Crippen LogP contribution in [0.25, 0.3) is 5.70 Å². The van der Waals surface area contributed by atoms with E-state index in [0.717, 1.165) is 16.7 Å². The van der Waals surface area contributed by atoms with Crippen LogP contribution in [-0.2, 0) is 16.1 Å². The van der Waals surface area contributed by atoms with Gasteiger partial charge in [-0.2, -0.15) is 0 Å². The largest absolute Gasteiger partial charge is 0.493 e. The molecule has 3 aromatic carbocycles. The number of nitrogens with one attached hydrogen (secondary N) is 2. The SMILES string of the molecule is COC(=O)C1=C(c2ccccc2)NC(=S)N[C@@H]1c1ccc(OCc2ccc(Cl)c(Cl)c2)c(OC)c1. The van der Waals surface area contributed by atoms with Gasteiger partial charge < -0.3 is 24.8 Å². The number of thiocarbonyl (C=S) groups is 1. The van der Waals surface area contributed by atoms with Gasteiger partial charge >= 0.3 is 5.97 Å². The van der Waals surface area contributed by atoms with Crippen molar-refractivity contribution in [1.29, 1.82) is 0 Å². The summed E-state index contributed by atoms with van der Waals surface area (Å²) in [7, 11) is 2.90. The molecule has 0 fully saturated rings. The Labute approximate surface area is 218 Å². The summed E-state index contributed by atoms with van der Waals surface area (Å²) in [6, 6.07) is 19.7. The molecule has 0 amide bonds. The predicted molar refractivity (Wildman–Crippen MR) is 141 cm³/mol. The third-order valence-electron chi connectivity index (χ3n) is 5.44. The highest BCUT2D eigenvalue weighted by Gasteiger charge is 2.33. The molecule has 9 heteroatoms. The van der Waals surface area contributed by atoms with Crippen LogP contribution in [0.15, 0.2) is 72.3 Å². The second kappa shape index (κ2) is 11.0. The van der Waals surface area contributed by atoms with Gasteiger partial charge in [-0.05, 0) is 53.2 Å². The number of methoxy groups -OCH3 is 2. The standard InChI is InChI=1S/C26H22Cl2N2O4S/c1-32-21-13-17(9-11-20(21)34-14-15-8-10-18(27)19(28)12-15)24-22(25(31)33-2)23(29-26(35)30-24)16-6-4-3-5-7-16/h3-13,24H,14H2,1-2H3,(H2,29,30,35)/t24-/m1/s1. The van der Waals surface area contributed by atoms with E-state index in [4.69, 9.17) is 49.6 Å². The molecule has 0 spiro atoms. The molecule has 0 saturated carbocycles. The Morgan fingerprint density at radius 2 is 1.74 bits per heavy atom. The van der Waals surface area contributed by atoms with Crippen LogP contribution in [0, 0.1) is 0 Å². The highest BCUT2D eigenvalue weighted by atomic mass is 35.5. The third-order valence-corrected chi connectivity index (χ3v) is 6.40. The number of hydrogen-bond acceptors (Lipinski definition) is 5. The smallest absolute Gasteiger partial charge is 0.338 e. The molecule has 1 aliphatic heterocycles. The Morgan fingerprint density at radius 3 is 2.43 bits per heavy atom. The van der Waals surface area contributed by atoms with Gasteiger partial charge in [0.2, 0.25) is 0 Å². The average Bonchev–Trinajstić information content (AvgIpc) is 2.88. The molecule has 0 radical (unpaired) electrons. The van der Waals surface area contributed by atoms with Crippen LogP contribution in [-0.4, -0.2) is 25.3 Å². The van der Waals surface area contributed by atoms with Crippen LogP contribution in [0.1, 0.15) is 22.7 Å². The number of hydrogen-bond donors (Lipinski definition) is 2. The lowest BCUT2D eigenvalue weighted by Gasteiger charge is -2.31. The van der Waals surface area contributed by atoms with E-state index in [-0.39, 0.29) is 6.61 Å². The lowest BCUT2D eigenvalue weighted by Crippen LogP contribution is -2.45. The van der Waals surface area contributed by atoms with Crippen molar-refractivity contribution >= 4 is 52.2 Å². The van der Waals surface area contributed by atoms with Crippen molar-refractivity contribution in [3.8, 4) is 11.5 Å². The van der Waals surface area contributed by atoms with Gasteiger partial charge in [-0.3, -0.25) is 0 Å². The second-order valence-corrected chi connectivity index (χ2v) is 8.85. The van der Waals surface area contributed by atoms with E-state index < -0.39 is 12.0 Å². The summed E-state index contributed by atoms with van der Waals surface area (Å²) in [5, 5.41) is 7.61. The summed E-state index contributed by atoms with van der Waals surface area (Å²) in [6.07, 6.45) is 0. The average molecular weight is 529 g/mol. The van der Waals surface area contributed by atoms with Gasteiger partial charge in [-0.1, -0.05) is 65.7 Å². The number of rotatable bonds is 7. The Balaban J connectivity index is 1.68. The minimum atomic E-state index is -0.565. The van der Waals surface area contributed by atoms with Crippen LogP contribution in [0.5, 0.6) is 11.5 Å². The van der Waals surface area contributed by atoms with E-state index in [0.29, 0.717) is 37.9 Å². The quantitative estimate of drug-likeness (QED) is 0.301. The van der Waals surface area contributed by atoms with E-state index in [1.54, 1.807) is 31.4 Å². The Bertz CT molecular complexity index is 1300. The van der Waals surface area contributed by atoms with Crippen molar-refractivity contribution in [2.75, 3.05) is 14.2 Å². The predicted octanol–water partition coefficient (Wildman–Crippen LogP) is 5.68. The van der Waals surface area contributed by atoms with E-state index in [1.807, 2.05) is 42.5 Å². The summed E-state index contributed by atoms with van der Waals surface area (Å²) < 4.78 is 16.7. The first kappa shape index (κ1) is 24.9. The molecule has 0 aromatic heterocycles. The third kappa shape index (κ3) is 5.53. The number of ether oxygens (including phenoxy) is 3. The van der Waals surface area contributed by atoms with Gasteiger partial charge in [0.05, 0.1) is 41.6 Å². The lowest BCUT2D eigenvalue weighted by atomic mass is 9.92. The molecule has 0 bridgehead atoms. The molecular formula is C26H22Cl2N2O4S. The normalized spacial score (nSPS) is 15.2. The maximum absolute atomic E-state index is 12.9. The highest BCUT2D eigenvalue weighted by Crippen LogP contribution is 2.37. The van der Waals surface area contributed by atoms with Gasteiger partial charge in [0.1, 0.15) is 6.61 Å². The van der Waals surface area contributed by atoms with E-state index >= 15 is 0 Å². The monoisotopic (exact) mass is 528 g/mol. The zero-order valence-corrected chi connectivity index (χ0v) is 21.3. The fraction of sp³-hybridized carbons (Fsp3) is 0.154. The number of carbonyl (C=O) groups is 1. The minimum absolute atomic E-state index is 0.272. The van der Waals surface area contributed by atoms with Crippen LogP contribution in [0.4, 0.5) is 0 Å². The molecule has 0 unspecified atom stereocenters. The van der Waals surface area contributed by atoms with Crippen molar-refractivity contribution in [3.05, 3.63) is 99.0 Å². The summed E-state index contributed by atoms with van der Waals surface area (Å²) in [4.78, 5) is 12.9. The molecule has 4 rings (SSSR count). The maximum atomic E-state index is 12.9. The van der Waals surface area contributed by atoms with Gasteiger partial charge in [0.15, 0.2) is 16.6 Å². The first-order valence-corrected chi connectivity index (χ1v) is 11.8. The summed E-state index contributed by atoms with van der Waals surface area (Å²) in [5.41, 5.74) is 3.42. The second-order valence-electron chi connectivity index (χ2n) is 7.63. The van der Waals surface area contributed by atoms with Crippen molar-refractivity contribution in [2.45, 2.75) is 12.6 Å². The Hall–Kier alpha value is -3.26. The summed E-state index contributed by atoms with van der Waals surface area (Å²) in [6.45, 7) is 0.272. The van der Waals surface area contributed by atoms with Crippen LogP contribution in [0.2, 0.25) is 10.0 Å². The Kier molecular flexibility index (Phi) is 7.80. The number of esters is 1. The molecular weight excluding hydrogens is 507 g/mol. The molecule has 0 saturated heterocycles. The van der Waals surface area contributed by atoms with Crippen LogP contribution < -0.4 is 20.1 Å². The molecule has 35 heavy (non-hydrogen) atoms. The molecule has 0 aliphatic carbocycles. The van der Waals surface area contributed by atoms with Crippen LogP contribution in [0.3, 0.4) is 0 Å².